The van der Waals surface area contributed by atoms with Gasteiger partial charge < -0.3 is 4.90 Å². The molecule has 1 radical (unpaired) electrons. The Morgan fingerprint density at radius 2 is 1.90 bits per heavy atom. The number of thiocarbonyl (C=S) groups is 1. The fraction of sp³-hybridized carbons (Fsp3) is 0.875. The molecule has 0 aliphatic heterocycles. The molecule has 1 nitrogen and oxygen atoms in total. The second-order valence-corrected chi connectivity index (χ2v) is 2.61. The molecular formula is C8H16NS. The van der Waals surface area contributed by atoms with E-state index in [9.17, 15) is 0 Å². The fourth-order valence-corrected chi connectivity index (χ4v) is 1.00. The molecule has 0 rings (SSSR count). The zero-order valence-corrected chi connectivity index (χ0v) is 7.71. The smallest absolute Gasteiger partial charge is 0.136 e. The standard InChI is InChI=1S/C8H16NS/c1-3-5-7-9(8-10)6-4-2/h3-7H2,1-2H3. The SMILES string of the molecule is CCCCN([C]=S)CCC. The molecule has 0 aliphatic rings. The van der Waals surface area contributed by atoms with Crippen LogP contribution in [0.5, 0.6) is 0 Å². The number of hydrogen-bond acceptors (Lipinski definition) is 1. The largest absolute Gasteiger partial charge is 0.360 e. The van der Waals surface area contributed by atoms with Crippen molar-refractivity contribution in [3.05, 3.63) is 0 Å². The van der Waals surface area contributed by atoms with Crippen LogP contribution in [0.3, 0.4) is 0 Å². The lowest BCUT2D eigenvalue weighted by molar-refractivity contribution is 0.423. The highest BCUT2D eigenvalue weighted by Gasteiger charge is 1.95. The van der Waals surface area contributed by atoms with Crippen LogP contribution in [0.25, 0.3) is 0 Å². The summed E-state index contributed by atoms with van der Waals surface area (Å²) >= 11 is 4.73. The zero-order valence-electron chi connectivity index (χ0n) is 6.89. The molecular weight excluding hydrogens is 142 g/mol. The van der Waals surface area contributed by atoms with E-state index in [4.69, 9.17) is 12.2 Å². The van der Waals surface area contributed by atoms with Crippen molar-refractivity contribution in [3.63, 3.8) is 0 Å². The van der Waals surface area contributed by atoms with Gasteiger partial charge in [0.1, 0.15) is 5.49 Å². The first-order chi connectivity index (χ1) is 4.85. The van der Waals surface area contributed by atoms with E-state index >= 15 is 0 Å². The molecule has 0 aromatic rings. The second kappa shape index (κ2) is 7.00. The Bertz CT molecular complexity index is 83.3. The van der Waals surface area contributed by atoms with Gasteiger partial charge in [0.05, 0.1) is 0 Å². The molecule has 0 aromatic carbocycles. The van der Waals surface area contributed by atoms with Crippen molar-refractivity contribution in [1.29, 1.82) is 0 Å². The predicted octanol–water partition coefficient (Wildman–Crippen LogP) is 2.33. The Balaban J connectivity index is 3.29. The van der Waals surface area contributed by atoms with Crippen molar-refractivity contribution >= 4 is 17.7 Å². The summed E-state index contributed by atoms with van der Waals surface area (Å²) in [6.07, 6.45) is 3.62. The molecule has 0 spiro atoms. The maximum absolute atomic E-state index is 4.73. The summed E-state index contributed by atoms with van der Waals surface area (Å²) in [5.41, 5.74) is 2.75. The van der Waals surface area contributed by atoms with Gasteiger partial charge in [-0.05, 0) is 12.8 Å². The molecule has 0 heterocycles. The van der Waals surface area contributed by atoms with Gasteiger partial charge in [0, 0.05) is 13.1 Å². The van der Waals surface area contributed by atoms with Crippen LogP contribution >= 0.6 is 12.2 Å². The van der Waals surface area contributed by atoms with Crippen molar-refractivity contribution < 1.29 is 0 Å². The molecule has 0 aliphatic carbocycles. The first-order valence-corrected chi connectivity index (χ1v) is 4.38. The van der Waals surface area contributed by atoms with E-state index in [1.807, 2.05) is 0 Å². The van der Waals surface area contributed by atoms with E-state index < -0.39 is 0 Å². The van der Waals surface area contributed by atoms with E-state index in [0.29, 0.717) is 0 Å². The third-order valence-electron chi connectivity index (χ3n) is 1.40. The molecule has 0 N–H and O–H groups in total. The number of nitrogens with zero attached hydrogens (tertiary/aromatic N) is 1. The Hall–Kier alpha value is -0.110. The summed E-state index contributed by atoms with van der Waals surface area (Å²) in [6.45, 7) is 6.48. The van der Waals surface area contributed by atoms with Crippen molar-refractivity contribution in [3.8, 4) is 0 Å². The number of unbranched alkanes of at least 4 members (excludes halogenated alkanes) is 1. The highest BCUT2D eigenvalue weighted by Crippen LogP contribution is 1.93. The molecule has 0 aromatic heterocycles. The minimum absolute atomic E-state index is 1.06. The van der Waals surface area contributed by atoms with Gasteiger partial charge in [-0.1, -0.05) is 32.5 Å². The molecule has 2 heteroatoms. The van der Waals surface area contributed by atoms with Gasteiger partial charge in [0.2, 0.25) is 0 Å². The van der Waals surface area contributed by atoms with E-state index in [0.717, 1.165) is 19.5 Å². The molecule has 10 heavy (non-hydrogen) atoms. The molecule has 0 saturated carbocycles. The third-order valence-corrected chi connectivity index (χ3v) is 1.66. The Morgan fingerprint density at radius 3 is 2.30 bits per heavy atom. The summed E-state index contributed by atoms with van der Waals surface area (Å²) < 4.78 is 0. The molecule has 59 valence electrons. The van der Waals surface area contributed by atoms with Gasteiger partial charge in [0.15, 0.2) is 0 Å². The molecule has 0 fully saturated rings. The van der Waals surface area contributed by atoms with Crippen LogP contribution in [-0.4, -0.2) is 23.5 Å². The normalized spacial score (nSPS) is 9.40. The van der Waals surface area contributed by atoms with Crippen LogP contribution in [0.1, 0.15) is 33.1 Å². The summed E-state index contributed by atoms with van der Waals surface area (Å²) in [7, 11) is 0. The lowest BCUT2D eigenvalue weighted by Gasteiger charge is -2.15. The van der Waals surface area contributed by atoms with Gasteiger partial charge in [-0.3, -0.25) is 0 Å². The summed E-state index contributed by atoms with van der Waals surface area (Å²) in [5, 5.41) is 0. The average molecular weight is 158 g/mol. The molecule has 0 bridgehead atoms. The van der Waals surface area contributed by atoms with Gasteiger partial charge >= 0.3 is 0 Å². The quantitative estimate of drug-likeness (QED) is 0.431. The Morgan fingerprint density at radius 1 is 1.20 bits per heavy atom. The minimum atomic E-state index is 1.06. The van der Waals surface area contributed by atoms with Crippen LogP contribution in [0.15, 0.2) is 0 Å². The monoisotopic (exact) mass is 158 g/mol. The number of rotatable bonds is 6. The van der Waals surface area contributed by atoms with Crippen LogP contribution in [-0.2, 0) is 0 Å². The van der Waals surface area contributed by atoms with Crippen LogP contribution in [0.4, 0.5) is 0 Å². The summed E-state index contributed by atoms with van der Waals surface area (Å²) in [5.74, 6) is 0. The third kappa shape index (κ3) is 4.74. The maximum Gasteiger partial charge on any atom is 0.136 e. The fourth-order valence-electron chi connectivity index (χ4n) is 0.822. The van der Waals surface area contributed by atoms with Crippen molar-refractivity contribution in [1.82, 2.24) is 4.90 Å². The van der Waals surface area contributed by atoms with E-state index in [2.05, 4.69) is 24.2 Å². The van der Waals surface area contributed by atoms with Gasteiger partial charge in [-0.2, -0.15) is 0 Å². The summed E-state index contributed by atoms with van der Waals surface area (Å²) in [4.78, 5) is 2.08. The first-order valence-electron chi connectivity index (χ1n) is 3.97. The van der Waals surface area contributed by atoms with Crippen molar-refractivity contribution in [2.45, 2.75) is 33.1 Å². The molecule has 0 atom stereocenters. The maximum atomic E-state index is 4.73. The van der Waals surface area contributed by atoms with Crippen molar-refractivity contribution in [2.24, 2.45) is 0 Å². The molecule has 0 amide bonds. The van der Waals surface area contributed by atoms with Crippen molar-refractivity contribution in [2.75, 3.05) is 13.1 Å². The van der Waals surface area contributed by atoms with Gasteiger partial charge in [-0.25, -0.2) is 0 Å². The van der Waals surface area contributed by atoms with E-state index in [1.54, 1.807) is 0 Å². The molecule has 0 saturated heterocycles. The number of hydrogen-bond donors (Lipinski definition) is 0. The average Bonchev–Trinajstić information content (AvgIpc) is 1.98. The molecule has 0 unspecified atom stereocenters. The van der Waals surface area contributed by atoms with Crippen LogP contribution in [0.2, 0.25) is 0 Å². The van der Waals surface area contributed by atoms with E-state index in [1.165, 1.54) is 12.8 Å². The zero-order chi connectivity index (χ0) is 7.82. The van der Waals surface area contributed by atoms with Gasteiger partial charge in [0.25, 0.3) is 0 Å². The minimum Gasteiger partial charge on any atom is -0.360 e. The second-order valence-electron chi connectivity index (χ2n) is 2.43. The predicted molar refractivity (Wildman–Crippen MR) is 49.4 cm³/mol. The van der Waals surface area contributed by atoms with Crippen LogP contribution < -0.4 is 0 Å². The van der Waals surface area contributed by atoms with E-state index in [-0.39, 0.29) is 0 Å². The van der Waals surface area contributed by atoms with Gasteiger partial charge in [-0.15, -0.1) is 0 Å². The Labute approximate surface area is 69.4 Å². The lowest BCUT2D eigenvalue weighted by Crippen LogP contribution is -2.22. The highest BCUT2D eigenvalue weighted by molar-refractivity contribution is 7.78. The highest BCUT2D eigenvalue weighted by atomic mass is 32.1. The topological polar surface area (TPSA) is 3.24 Å². The first kappa shape index (κ1) is 9.89. The lowest BCUT2D eigenvalue weighted by atomic mass is 10.3. The summed E-state index contributed by atoms with van der Waals surface area (Å²) in [6, 6.07) is 0. The van der Waals surface area contributed by atoms with Crippen LogP contribution in [0, 0.1) is 0 Å². The Kier molecular flexibility index (Phi) is 6.93.